The van der Waals surface area contributed by atoms with Crippen LogP contribution in [0.1, 0.15) is 24.5 Å². The zero-order chi connectivity index (χ0) is 14.5. The highest BCUT2D eigenvalue weighted by Crippen LogP contribution is 2.16. The lowest BCUT2D eigenvalue weighted by molar-refractivity contribution is 0.0668. The predicted octanol–water partition coefficient (Wildman–Crippen LogP) is 1.53. The molecule has 1 aliphatic heterocycles. The number of rotatable bonds is 3. The number of benzene rings is 1. The standard InChI is InChI=1S/C14H20FN3O2/c1-10-8-18(5-2-6-20-10)9-11-3-4-12(15)7-13(11)14(16)17-19/h3-4,7,10,19H,2,5-6,8-9H2,1H3,(H2,16,17). The van der Waals surface area contributed by atoms with Crippen LogP contribution in [0.4, 0.5) is 4.39 Å². The quantitative estimate of drug-likeness (QED) is 0.381. The molecule has 5 nitrogen and oxygen atoms in total. The van der Waals surface area contributed by atoms with Crippen LogP contribution < -0.4 is 5.73 Å². The van der Waals surface area contributed by atoms with Crippen molar-refractivity contribution in [2.75, 3.05) is 19.7 Å². The minimum absolute atomic E-state index is 0.0707. The Morgan fingerprint density at radius 3 is 3.15 bits per heavy atom. The molecule has 110 valence electrons. The van der Waals surface area contributed by atoms with E-state index in [0.29, 0.717) is 12.1 Å². The molecule has 1 saturated heterocycles. The zero-order valence-electron chi connectivity index (χ0n) is 11.6. The number of oxime groups is 1. The van der Waals surface area contributed by atoms with Crippen LogP contribution in [0.2, 0.25) is 0 Å². The van der Waals surface area contributed by atoms with Gasteiger partial charge < -0.3 is 15.7 Å². The molecule has 1 atom stereocenters. The van der Waals surface area contributed by atoms with Gasteiger partial charge in [-0.1, -0.05) is 11.2 Å². The van der Waals surface area contributed by atoms with Gasteiger partial charge in [-0.25, -0.2) is 4.39 Å². The van der Waals surface area contributed by atoms with Crippen molar-refractivity contribution >= 4 is 5.84 Å². The van der Waals surface area contributed by atoms with E-state index in [2.05, 4.69) is 10.1 Å². The minimum atomic E-state index is -0.400. The summed E-state index contributed by atoms with van der Waals surface area (Å²) in [5.74, 6) is -0.471. The fourth-order valence-corrected chi connectivity index (χ4v) is 2.44. The van der Waals surface area contributed by atoms with Crippen LogP contribution in [0.5, 0.6) is 0 Å². The van der Waals surface area contributed by atoms with Gasteiger partial charge in [0, 0.05) is 31.8 Å². The Morgan fingerprint density at radius 2 is 2.40 bits per heavy atom. The fourth-order valence-electron chi connectivity index (χ4n) is 2.44. The average Bonchev–Trinajstić information content (AvgIpc) is 2.64. The first-order valence-electron chi connectivity index (χ1n) is 6.70. The summed E-state index contributed by atoms with van der Waals surface area (Å²) in [5.41, 5.74) is 6.90. The van der Waals surface area contributed by atoms with Gasteiger partial charge in [0.25, 0.3) is 0 Å². The highest BCUT2D eigenvalue weighted by atomic mass is 19.1. The van der Waals surface area contributed by atoms with Gasteiger partial charge in [0.05, 0.1) is 6.10 Å². The summed E-state index contributed by atoms with van der Waals surface area (Å²) in [4.78, 5) is 2.24. The maximum absolute atomic E-state index is 13.3. The minimum Gasteiger partial charge on any atom is -0.409 e. The Labute approximate surface area is 117 Å². The molecule has 0 aliphatic carbocycles. The smallest absolute Gasteiger partial charge is 0.170 e. The van der Waals surface area contributed by atoms with Crippen LogP contribution in [0.15, 0.2) is 23.4 Å². The van der Waals surface area contributed by atoms with Crippen LogP contribution in [0, 0.1) is 5.82 Å². The number of amidine groups is 1. The molecule has 3 N–H and O–H groups in total. The van der Waals surface area contributed by atoms with Crippen molar-refractivity contribution in [3.05, 3.63) is 35.1 Å². The van der Waals surface area contributed by atoms with Gasteiger partial charge in [-0.2, -0.15) is 0 Å². The monoisotopic (exact) mass is 281 g/mol. The van der Waals surface area contributed by atoms with Gasteiger partial charge in [0.1, 0.15) is 5.82 Å². The molecule has 1 fully saturated rings. The van der Waals surface area contributed by atoms with Gasteiger partial charge in [0.2, 0.25) is 0 Å². The number of nitrogens with two attached hydrogens (primary N) is 1. The first kappa shape index (κ1) is 14.7. The summed E-state index contributed by atoms with van der Waals surface area (Å²) in [6.45, 7) is 5.14. The molecule has 1 heterocycles. The molecule has 6 heteroatoms. The van der Waals surface area contributed by atoms with Gasteiger partial charge >= 0.3 is 0 Å². The molecule has 0 bridgehead atoms. The Hall–Kier alpha value is -1.66. The van der Waals surface area contributed by atoms with Crippen molar-refractivity contribution in [2.24, 2.45) is 10.9 Å². The SMILES string of the molecule is CC1CN(Cc2ccc(F)cc2C(N)=NO)CCCO1. The number of nitrogens with zero attached hydrogens (tertiary/aromatic N) is 2. The second kappa shape index (κ2) is 6.67. The van der Waals surface area contributed by atoms with Crippen molar-refractivity contribution in [3.8, 4) is 0 Å². The summed E-state index contributed by atoms with van der Waals surface area (Å²) in [5, 5.41) is 11.8. The first-order chi connectivity index (χ1) is 9.60. The largest absolute Gasteiger partial charge is 0.409 e. The van der Waals surface area contributed by atoms with E-state index in [1.165, 1.54) is 12.1 Å². The summed E-state index contributed by atoms with van der Waals surface area (Å²) in [7, 11) is 0. The summed E-state index contributed by atoms with van der Waals surface area (Å²) in [6.07, 6.45) is 1.13. The van der Waals surface area contributed by atoms with Crippen LogP contribution in [-0.2, 0) is 11.3 Å². The molecule has 1 aromatic carbocycles. The highest BCUT2D eigenvalue weighted by molar-refractivity contribution is 5.98. The first-order valence-corrected chi connectivity index (χ1v) is 6.70. The van der Waals surface area contributed by atoms with Crippen molar-refractivity contribution in [1.82, 2.24) is 4.90 Å². The van der Waals surface area contributed by atoms with Crippen LogP contribution in [-0.4, -0.2) is 41.7 Å². The third-order valence-corrected chi connectivity index (χ3v) is 3.39. The van der Waals surface area contributed by atoms with Crippen LogP contribution >= 0.6 is 0 Å². The van der Waals surface area contributed by atoms with E-state index >= 15 is 0 Å². The summed E-state index contributed by atoms with van der Waals surface area (Å²) >= 11 is 0. The molecule has 1 aliphatic rings. The Balaban J connectivity index is 2.19. The fraction of sp³-hybridized carbons (Fsp3) is 0.500. The molecular weight excluding hydrogens is 261 g/mol. The lowest BCUT2D eigenvalue weighted by Gasteiger charge is -2.23. The molecule has 2 rings (SSSR count). The van der Waals surface area contributed by atoms with E-state index in [4.69, 9.17) is 15.7 Å². The molecule has 0 aromatic heterocycles. The van der Waals surface area contributed by atoms with Crippen molar-refractivity contribution in [1.29, 1.82) is 0 Å². The molecule has 0 spiro atoms. The van der Waals surface area contributed by atoms with Crippen LogP contribution in [0.25, 0.3) is 0 Å². The second-order valence-corrected chi connectivity index (χ2v) is 5.06. The van der Waals surface area contributed by atoms with Gasteiger partial charge in [-0.05, 0) is 31.0 Å². The number of hydrogen-bond acceptors (Lipinski definition) is 4. The summed E-state index contributed by atoms with van der Waals surface area (Å²) in [6, 6.07) is 4.36. The van der Waals surface area contributed by atoms with E-state index in [1.807, 2.05) is 6.92 Å². The molecule has 0 saturated carbocycles. The summed E-state index contributed by atoms with van der Waals surface area (Å²) < 4.78 is 18.9. The molecular formula is C14H20FN3O2. The molecule has 20 heavy (non-hydrogen) atoms. The van der Waals surface area contributed by atoms with E-state index in [9.17, 15) is 4.39 Å². The van der Waals surface area contributed by atoms with E-state index in [-0.39, 0.29) is 11.9 Å². The second-order valence-electron chi connectivity index (χ2n) is 5.06. The lowest BCUT2D eigenvalue weighted by atomic mass is 10.1. The van der Waals surface area contributed by atoms with Gasteiger partial charge in [-0.3, -0.25) is 4.90 Å². The topological polar surface area (TPSA) is 71.1 Å². The van der Waals surface area contributed by atoms with E-state index < -0.39 is 5.82 Å². The number of ether oxygens (including phenoxy) is 1. The Kier molecular flexibility index (Phi) is 4.92. The maximum atomic E-state index is 13.3. The molecule has 0 radical (unpaired) electrons. The van der Waals surface area contributed by atoms with Gasteiger partial charge in [-0.15, -0.1) is 0 Å². The van der Waals surface area contributed by atoms with E-state index in [0.717, 1.165) is 31.7 Å². The number of halogens is 1. The lowest BCUT2D eigenvalue weighted by Crippen LogP contribution is -2.31. The zero-order valence-corrected chi connectivity index (χ0v) is 11.6. The molecule has 1 unspecified atom stereocenters. The van der Waals surface area contributed by atoms with E-state index in [1.54, 1.807) is 6.07 Å². The average molecular weight is 281 g/mol. The normalized spacial score (nSPS) is 21.7. The van der Waals surface area contributed by atoms with Crippen LogP contribution in [0.3, 0.4) is 0 Å². The number of hydrogen-bond donors (Lipinski definition) is 2. The van der Waals surface area contributed by atoms with Gasteiger partial charge in [0.15, 0.2) is 5.84 Å². The molecule has 0 amide bonds. The maximum Gasteiger partial charge on any atom is 0.170 e. The highest BCUT2D eigenvalue weighted by Gasteiger charge is 2.17. The van der Waals surface area contributed by atoms with Crippen molar-refractivity contribution < 1.29 is 14.3 Å². The third-order valence-electron chi connectivity index (χ3n) is 3.39. The van der Waals surface area contributed by atoms with Crippen molar-refractivity contribution in [3.63, 3.8) is 0 Å². The predicted molar refractivity (Wildman–Crippen MR) is 74.2 cm³/mol. The Bertz CT molecular complexity index is 493. The third kappa shape index (κ3) is 3.68. The molecule has 1 aromatic rings. The Morgan fingerprint density at radius 1 is 1.60 bits per heavy atom. The van der Waals surface area contributed by atoms with Crippen molar-refractivity contribution in [2.45, 2.75) is 26.0 Å².